The number of benzene rings is 3. The van der Waals surface area contributed by atoms with Gasteiger partial charge in [-0.3, -0.25) is 5.32 Å². The molecule has 1 aliphatic rings. The number of hydrogen-bond acceptors (Lipinski definition) is 7. The fourth-order valence-corrected chi connectivity index (χ4v) is 3.61. The van der Waals surface area contributed by atoms with Crippen molar-refractivity contribution in [2.75, 3.05) is 32.2 Å². The van der Waals surface area contributed by atoms with E-state index < -0.39 is 6.09 Å². The summed E-state index contributed by atoms with van der Waals surface area (Å²) >= 11 is 0. The van der Waals surface area contributed by atoms with Crippen molar-refractivity contribution >= 4 is 17.7 Å². The van der Waals surface area contributed by atoms with Gasteiger partial charge in [0.2, 0.25) is 0 Å². The summed E-state index contributed by atoms with van der Waals surface area (Å²) < 4.78 is 27.3. The van der Waals surface area contributed by atoms with Crippen molar-refractivity contribution in [3.8, 4) is 17.2 Å². The van der Waals surface area contributed by atoms with Gasteiger partial charge in [0.15, 0.2) is 11.5 Å². The van der Waals surface area contributed by atoms with Crippen LogP contribution in [0.3, 0.4) is 0 Å². The summed E-state index contributed by atoms with van der Waals surface area (Å²) in [6.07, 6.45) is 0.106. The maximum atomic E-state index is 11.7. The van der Waals surface area contributed by atoms with E-state index in [1.165, 1.54) is 7.11 Å². The number of fused-ring (bicyclic) bond motifs is 1. The number of ether oxygens (including phenoxy) is 5. The van der Waals surface area contributed by atoms with Gasteiger partial charge in [0, 0.05) is 23.7 Å². The summed E-state index contributed by atoms with van der Waals surface area (Å²) in [6, 6.07) is 18.4. The third-order valence-corrected chi connectivity index (χ3v) is 5.37. The topological polar surface area (TPSA) is 92.3 Å². The molecule has 8 heteroatoms. The molecule has 3 aromatic carbocycles. The molecule has 0 saturated carbocycles. The Morgan fingerprint density at radius 3 is 2.23 bits per heavy atom. The summed E-state index contributed by atoms with van der Waals surface area (Å²) in [5.41, 5.74) is 4.01. The Hall–Kier alpha value is -4.20. The van der Waals surface area contributed by atoms with E-state index in [4.69, 9.17) is 23.7 Å². The van der Waals surface area contributed by atoms with E-state index in [2.05, 4.69) is 5.32 Å². The summed E-state index contributed by atoms with van der Waals surface area (Å²) in [5, 5.41) is 2.69. The third-order valence-electron chi connectivity index (χ3n) is 5.37. The van der Waals surface area contributed by atoms with Crippen LogP contribution in [0, 0.1) is 0 Å². The molecule has 35 heavy (non-hydrogen) atoms. The molecule has 4 rings (SSSR count). The Balaban J connectivity index is 1.50. The molecule has 0 aromatic heterocycles. The van der Waals surface area contributed by atoms with Crippen LogP contribution in [0.1, 0.15) is 34.0 Å². The fraction of sp³-hybridized carbons (Fsp3) is 0.259. The standard InChI is InChI=1S/C27H27NO7/c1-3-32-27(30)28-22-10-6-18(7-11-22)14-21-15-24-25(34-13-12-33-24)16-23(21)35-17-19-4-8-20(9-5-19)26(29)31-2/h4-11,15-16H,3,12-14,17H2,1-2H3,(H,28,30). The van der Waals surface area contributed by atoms with Crippen LogP contribution in [0.2, 0.25) is 0 Å². The van der Waals surface area contributed by atoms with Gasteiger partial charge < -0.3 is 23.7 Å². The number of esters is 1. The first-order valence-electron chi connectivity index (χ1n) is 11.3. The minimum atomic E-state index is -0.484. The van der Waals surface area contributed by atoms with E-state index in [9.17, 15) is 9.59 Å². The van der Waals surface area contributed by atoms with E-state index >= 15 is 0 Å². The predicted octanol–water partition coefficient (Wildman–Crippen LogP) is 4.98. The van der Waals surface area contributed by atoms with E-state index in [1.807, 2.05) is 48.5 Å². The first-order chi connectivity index (χ1) is 17.1. The van der Waals surface area contributed by atoms with Gasteiger partial charge in [-0.05, 0) is 48.4 Å². The molecular weight excluding hydrogens is 450 g/mol. The SMILES string of the molecule is CCOC(=O)Nc1ccc(Cc2cc3c(cc2OCc2ccc(C(=O)OC)cc2)OCCO3)cc1. The number of nitrogens with one attached hydrogen (secondary N) is 1. The molecule has 0 spiro atoms. The Morgan fingerprint density at radius 2 is 1.57 bits per heavy atom. The van der Waals surface area contributed by atoms with Gasteiger partial charge in [-0.2, -0.15) is 0 Å². The van der Waals surface area contributed by atoms with Crippen molar-refractivity contribution in [1.82, 2.24) is 0 Å². The van der Waals surface area contributed by atoms with Gasteiger partial charge in [0.25, 0.3) is 0 Å². The Bertz CT molecular complexity index is 1170. The van der Waals surface area contributed by atoms with Crippen molar-refractivity contribution < 1.29 is 33.3 Å². The molecule has 0 fully saturated rings. The number of rotatable bonds is 8. The van der Waals surface area contributed by atoms with Crippen LogP contribution in [-0.2, 0) is 22.5 Å². The summed E-state index contributed by atoms with van der Waals surface area (Å²) in [4.78, 5) is 23.3. The molecule has 0 atom stereocenters. The zero-order valence-electron chi connectivity index (χ0n) is 19.7. The average molecular weight is 478 g/mol. The Morgan fingerprint density at radius 1 is 0.914 bits per heavy atom. The summed E-state index contributed by atoms with van der Waals surface area (Å²) in [6.45, 7) is 3.36. The highest BCUT2D eigenvalue weighted by molar-refractivity contribution is 5.89. The van der Waals surface area contributed by atoms with Gasteiger partial charge in [0.1, 0.15) is 25.6 Å². The van der Waals surface area contributed by atoms with Crippen LogP contribution in [0.15, 0.2) is 60.7 Å². The average Bonchev–Trinajstić information content (AvgIpc) is 2.88. The molecule has 1 amide bonds. The molecule has 0 radical (unpaired) electrons. The molecular formula is C27H27NO7. The van der Waals surface area contributed by atoms with Crippen LogP contribution < -0.4 is 19.5 Å². The van der Waals surface area contributed by atoms with Crippen molar-refractivity contribution in [3.63, 3.8) is 0 Å². The minimum Gasteiger partial charge on any atom is -0.488 e. The van der Waals surface area contributed by atoms with Crippen LogP contribution in [0.4, 0.5) is 10.5 Å². The number of carbonyl (C=O) groups excluding carboxylic acids is 2. The number of amides is 1. The van der Waals surface area contributed by atoms with Crippen molar-refractivity contribution in [2.45, 2.75) is 20.0 Å². The number of anilines is 1. The van der Waals surface area contributed by atoms with Crippen LogP contribution in [0.5, 0.6) is 17.2 Å². The molecule has 0 unspecified atom stereocenters. The lowest BCUT2D eigenvalue weighted by Crippen LogP contribution is -2.16. The molecule has 182 valence electrons. The van der Waals surface area contributed by atoms with E-state index in [0.717, 1.165) is 16.7 Å². The quantitative estimate of drug-likeness (QED) is 0.457. The normalized spacial score (nSPS) is 11.9. The van der Waals surface area contributed by atoms with Gasteiger partial charge in [-0.15, -0.1) is 0 Å². The maximum absolute atomic E-state index is 11.7. The Labute approximate surface area is 203 Å². The highest BCUT2D eigenvalue weighted by Crippen LogP contribution is 2.38. The lowest BCUT2D eigenvalue weighted by Gasteiger charge is -2.21. The van der Waals surface area contributed by atoms with Gasteiger partial charge in [-0.1, -0.05) is 24.3 Å². The second kappa shape index (κ2) is 11.3. The first kappa shape index (κ1) is 23.9. The second-order valence-corrected chi connectivity index (χ2v) is 7.80. The molecule has 1 heterocycles. The first-order valence-corrected chi connectivity index (χ1v) is 11.3. The van der Waals surface area contributed by atoms with Crippen LogP contribution in [0.25, 0.3) is 0 Å². The molecule has 3 aromatic rings. The smallest absolute Gasteiger partial charge is 0.411 e. The van der Waals surface area contributed by atoms with Crippen LogP contribution in [-0.4, -0.2) is 39.0 Å². The van der Waals surface area contributed by atoms with Gasteiger partial charge >= 0.3 is 12.1 Å². The number of carbonyl (C=O) groups is 2. The van der Waals surface area contributed by atoms with Gasteiger partial charge in [0.05, 0.1) is 19.3 Å². The molecule has 1 N–H and O–H groups in total. The van der Waals surface area contributed by atoms with Crippen molar-refractivity contribution in [3.05, 3.63) is 82.9 Å². The summed E-state index contributed by atoms with van der Waals surface area (Å²) in [5.74, 6) is 1.63. The number of hydrogen-bond donors (Lipinski definition) is 1. The second-order valence-electron chi connectivity index (χ2n) is 7.80. The maximum Gasteiger partial charge on any atom is 0.411 e. The monoisotopic (exact) mass is 477 g/mol. The van der Waals surface area contributed by atoms with E-state index in [-0.39, 0.29) is 5.97 Å². The largest absolute Gasteiger partial charge is 0.488 e. The van der Waals surface area contributed by atoms with Crippen LogP contribution >= 0.6 is 0 Å². The minimum absolute atomic E-state index is 0.312. The zero-order chi connectivity index (χ0) is 24.6. The van der Waals surface area contributed by atoms with Gasteiger partial charge in [-0.25, -0.2) is 9.59 Å². The third kappa shape index (κ3) is 6.23. The van der Waals surface area contributed by atoms with Crippen molar-refractivity contribution in [1.29, 1.82) is 0 Å². The summed E-state index contributed by atoms with van der Waals surface area (Å²) in [7, 11) is 1.35. The molecule has 0 saturated heterocycles. The van der Waals surface area contributed by atoms with E-state index in [0.29, 0.717) is 61.3 Å². The predicted molar refractivity (Wildman–Crippen MR) is 129 cm³/mol. The lowest BCUT2D eigenvalue weighted by molar-refractivity contribution is 0.0600. The van der Waals surface area contributed by atoms with Crippen molar-refractivity contribution in [2.24, 2.45) is 0 Å². The Kier molecular flexibility index (Phi) is 7.72. The molecule has 1 aliphatic heterocycles. The highest BCUT2D eigenvalue weighted by Gasteiger charge is 2.17. The van der Waals surface area contributed by atoms with E-state index in [1.54, 1.807) is 19.1 Å². The molecule has 0 aliphatic carbocycles. The zero-order valence-corrected chi connectivity index (χ0v) is 19.7. The lowest BCUT2D eigenvalue weighted by atomic mass is 10.0. The highest BCUT2D eigenvalue weighted by atomic mass is 16.6. The fourth-order valence-electron chi connectivity index (χ4n) is 3.61. The molecule has 8 nitrogen and oxygen atoms in total. The number of methoxy groups -OCH3 is 1. The molecule has 0 bridgehead atoms.